The van der Waals surface area contributed by atoms with Gasteiger partial charge in [-0.15, -0.1) is 0 Å². The van der Waals surface area contributed by atoms with Gasteiger partial charge in [0.2, 0.25) is 11.8 Å². The number of nitrogens with zero attached hydrogens (tertiary/aromatic N) is 3. The second-order valence-corrected chi connectivity index (χ2v) is 9.65. The van der Waals surface area contributed by atoms with E-state index in [0.717, 1.165) is 42.0 Å². The van der Waals surface area contributed by atoms with Gasteiger partial charge in [0, 0.05) is 42.5 Å². The monoisotopic (exact) mass is 515 g/mol. The first-order valence-electron chi connectivity index (χ1n) is 13.0. The van der Waals surface area contributed by atoms with Crippen LogP contribution in [0, 0.1) is 0 Å². The van der Waals surface area contributed by atoms with Crippen molar-refractivity contribution in [3.05, 3.63) is 58.9 Å². The molecule has 0 aliphatic heterocycles. The van der Waals surface area contributed by atoms with Gasteiger partial charge in [-0.3, -0.25) is 14.4 Å². The Morgan fingerprint density at radius 1 is 1.00 bits per heavy atom. The number of rotatable bonds is 12. The molecule has 2 aromatic rings. The van der Waals surface area contributed by atoms with Crippen molar-refractivity contribution >= 4 is 29.4 Å². The minimum absolute atomic E-state index is 0.0138. The van der Waals surface area contributed by atoms with E-state index in [-0.39, 0.29) is 43.8 Å². The van der Waals surface area contributed by atoms with Crippen LogP contribution in [-0.2, 0) is 32.2 Å². The van der Waals surface area contributed by atoms with Crippen molar-refractivity contribution in [2.75, 3.05) is 19.7 Å². The predicted molar refractivity (Wildman–Crippen MR) is 141 cm³/mol. The number of hydrogen-bond donors (Lipinski definition) is 0. The average Bonchev–Trinajstić information content (AvgIpc) is 3.32. The molecule has 1 aromatic heterocycles. The van der Waals surface area contributed by atoms with E-state index in [1.165, 1.54) is 6.42 Å². The van der Waals surface area contributed by atoms with Gasteiger partial charge >= 0.3 is 5.97 Å². The number of halogens is 1. The SMILES string of the molecule is CCOC(=O)CCC(=O)N(CC)CC(=O)N(Cc1cccn1Cc1ccccc1Cl)C1CCCCC1. The number of carbonyl (C=O) groups is 3. The maximum absolute atomic E-state index is 13.6. The van der Waals surface area contributed by atoms with E-state index in [9.17, 15) is 14.4 Å². The highest BCUT2D eigenvalue weighted by Gasteiger charge is 2.28. The van der Waals surface area contributed by atoms with Gasteiger partial charge in [0.25, 0.3) is 0 Å². The van der Waals surface area contributed by atoms with Gasteiger partial charge in [0.05, 0.1) is 26.1 Å². The highest BCUT2D eigenvalue weighted by Crippen LogP contribution is 2.25. The van der Waals surface area contributed by atoms with Gasteiger partial charge in [-0.25, -0.2) is 0 Å². The highest BCUT2D eigenvalue weighted by atomic mass is 35.5. The number of ether oxygens (including phenoxy) is 1. The molecule has 1 aliphatic rings. The molecule has 7 nitrogen and oxygen atoms in total. The largest absolute Gasteiger partial charge is 0.466 e. The molecule has 0 saturated heterocycles. The van der Waals surface area contributed by atoms with Crippen molar-refractivity contribution in [2.24, 2.45) is 0 Å². The van der Waals surface area contributed by atoms with Crippen molar-refractivity contribution in [1.82, 2.24) is 14.4 Å². The molecule has 1 fully saturated rings. The molecule has 0 spiro atoms. The van der Waals surface area contributed by atoms with E-state index in [0.29, 0.717) is 19.6 Å². The minimum atomic E-state index is -0.392. The summed E-state index contributed by atoms with van der Waals surface area (Å²) < 4.78 is 7.06. The van der Waals surface area contributed by atoms with Gasteiger partial charge < -0.3 is 19.1 Å². The quantitative estimate of drug-likeness (QED) is 0.371. The van der Waals surface area contributed by atoms with Crippen LogP contribution in [-0.4, -0.2) is 57.9 Å². The van der Waals surface area contributed by atoms with Crippen molar-refractivity contribution < 1.29 is 19.1 Å². The zero-order valence-corrected chi connectivity index (χ0v) is 22.2. The van der Waals surface area contributed by atoms with Gasteiger partial charge in [0.1, 0.15) is 0 Å². The van der Waals surface area contributed by atoms with Crippen molar-refractivity contribution in [1.29, 1.82) is 0 Å². The third-order valence-corrected chi connectivity index (χ3v) is 7.17. The second kappa shape index (κ2) is 14.1. The zero-order valence-electron chi connectivity index (χ0n) is 21.5. The molecule has 1 saturated carbocycles. The highest BCUT2D eigenvalue weighted by molar-refractivity contribution is 6.31. The Labute approximate surface area is 219 Å². The Morgan fingerprint density at radius 3 is 2.44 bits per heavy atom. The van der Waals surface area contributed by atoms with E-state index < -0.39 is 5.97 Å². The van der Waals surface area contributed by atoms with Crippen LogP contribution in [0.5, 0.6) is 0 Å². The summed E-state index contributed by atoms with van der Waals surface area (Å²) in [6.45, 7) is 5.42. The fraction of sp³-hybridized carbons (Fsp3) is 0.536. The van der Waals surface area contributed by atoms with Crippen LogP contribution in [0.3, 0.4) is 0 Å². The van der Waals surface area contributed by atoms with E-state index >= 15 is 0 Å². The number of carbonyl (C=O) groups excluding carboxylic acids is 3. The topological polar surface area (TPSA) is 71.8 Å². The van der Waals surface area contributed by atoms with Gasteiger partial charge in [-0.2, -0.15) is 0 Å². The first kappa shape index (κ1) is 27.8. The molecule has 1 aliphatic carbocycles. The number of amides is 2. The van der Waals surface area contributed by atoms with Crippen LogP contribution in [0.15, 0.2) is 42.6 Å². The molecular formula is C28H38ClN3O4. The molecule has 8 heteroatoms. The van der Waals surface area contributed by atoms with Crippen molar-refractivity contribution in [2.45, 2.75) is 77.9 Å². The van der Waals surface area contributed by atoms with Crippen LogP contribution in [0.25, 0.3) is 0 Å². The summed E-state index contributed by atoms with van der Waals surface area (Å²) in [5.74, 6) is -0.653. The zero-order chi connectivity index (χ0) is 25.9. The lowest BCUT2D eigenvalue weighted by atomic mass is 9.94. The molecule has 0 bridgehead atoms. The molecule has 0 unspecified atom stereocenters. The summed E-state index contributed by atoms with van der Waals surface area (Å²) >= 11 is 6.39. The van der Waals surface area contributed by atoms with Crippen LogP contribution in [0.2, 0.25) is 5.02 Å². The van der Waals surface area contributed by atoms with Crippen molar-refractivity contribution in [3.8, 4) is 0 Å². The molecule has 0 atom stereocenters. The van der Waals surface area contributed by atoms with Crippen LogP contribution < -0.4 is 0 Å². The molecule has 0 radical (unpaired) electrons. The van der Waals surface area contributed by atoms with Gasteiger partial charge in [-0.1, -0.05) is 49.1 Å². The third kappa shape index (κ3) is 7.85. The molecule has 2 amide bonds. The molecule has 3 rings (SSSR count). The Hall–Kier alpha value is -2.80. The standard InChI is InChI=1S/C28H38ClN3O4/c1-3-30(26(33)16-17-28(35)36-4-2)21-27(34)32(23-12-6-5-7-13-23)20-24-14-10-18-31(24)19-22-11-8-9-15-25(22)29/h8-11,14-15,18,23H,3-7,12-13,16-17,19-21H2,1-2H3. The molecule has 0 N–H and O–H groups in total. The number of esters is 1. The Bertz CT molecular complexity index is 1020. The average molecular weight is 516 g/mol. The van der Waals surface area contributed by atoms with E-state index in [1.807, 2.05) is 54.4 Å². The minimum Gasteiger partial charge on any atom is -0.466 e. The van der Waals surface area contributed by atoms with Crippen LogP contribution in [0.1, 0.15) is 70.1 Å². The molecular weight excluding hydrogens is 478 g/mol. The smallest absolute Gasteiger partial charge is 0.306 e. The molecule has 1 aromatic carbocycles. The van der Waals surface area contributed by atoms with E-state index in [2.05, 4.69) is 4.57 Å². The Balaban J connectivity index is 1.72. The van der Waals surface area contributed by atoms with E-state index in [1.54, 1.807) is 11.8 Å². The summed E-state index contributed by atoms with van der Waals surface area (Å²) in [4.78, 5) is 41.5. The third-order valence-electron chi connectivity index (χ3n) is 6.80. The van der Waals surface area contributed by atoms with E-state index in [4.69, 9.17) is 16.3 Å². The lowest BCUT2D eigenvalue weighted by Gasteiger charge is -2.36. The van der Waals surface area contributed by atoms with Crippen molar-refractivity contribution in [3.63, 3.8) is 0 Å². The summed E-state index contributed by atoms with van der Waals surface area (Å²) in [5.41, 5.74) is 2.06. The molecule has 196 valence electrons. The number of hydrogen-bond acceptors (Lipinski definition) is 4. The number of benzene rings is 1. The number of aromatic nitrogens is 1. The predicted octanol–water partition coefficient (Wildman–Crippen LogP) is 5.04. The lowest BCUT2D eigenvalue weighted by molar-refractivity contribution is -0.147. The maximum Gasteiger partial charge on any atom is 0.306 e. The summed E-state index contributed by atoms with van der Waals surface area (Å²) in [6.07, 6.45) is 7.42. The second-order valence-electron chi connectivity index (χ2n) is 9.25. The van der Waals surface area contributed by atoms with Crippen LogP contribution in [0.4, 0.5) is 0 Å². The molecule has 1 heterocycles. The summed E-state index contributed by atoms with van der Waals surface area (Å²) in [7, 11) is 0. The van der Waals surface area contributed by atoms with Gasteiger partial charge in [-0.05, 0) is 50.5 Å². The normalized spacial score (nSPS) is 13.9. The Kier molecular flexibility index (Phi) is 10.9. The lowest BCUT2D eigenvalue weighted by Crippen LogP contribution is -2.47. The fourth-order valence-corrected chi connectivity index (χ4v) is 4.97. The fourth-order valence-electron chi connectivity index (χ4n) is 4.78. The summed E-state index contributed by atoms with van der Waals surface area (Å²) in [5, 5.41) is 0.720. The summed E-state index contributed by atoms with van der Waals surface area (Å²) in [6, 6.07) is 12.0. The van der Waals surface area contributed by atoms with Gasteiger partial charge in [0.15, 0.2) is 0 Å². The van der Waals surface area contributed by atoms with Crippen LogP contribution >= 0.6 is 11.6 Å². The number of likely N-dealkylation sites (N-methyl/N-ethyl adjacent to an activating group) is 1. The Morgan fingerprint density at radius 2 is 1.75 bits per heavy atom. The molecule has 36 heavy (non-hydrogen) atoms. The first-order valence-corrected chi connectivity index (χ1v) is 13.4. The maximum atomic E-state index is 13.6. The first-order chi connectivity index (χ1) is 17.4.